The molecule has 0 radical (unpaired) electrons. The van der Waals surface area contributed by atoms with E-state index in [9.17, 15) is 14.0 Å². The first-order chi connectivity index (χ1) is 14.1. The van der Waals surface area contributed by atoms with E-state index in [-0.39, 0.29) is 17.6 Å². The van der Waals surface area contributed by atoms with Crippen LogP contribution in [0.15, 0.2) is 48.9 Å². The van der Waals surface area contributed by atoms with Crippen LogP contribution in [0.4, 0.5) is 4.39 Å². The van der Waals surface area contributed by atoms with Gasteiger partial charge in [-0.15, -0.1) is 0 Å². The Morgan fingerprint density at radius 1 is 1.28 bits per heavy atom. The number of hydrogen-bond donors (Lipinski definition) is 1. The van der Waals surface area contributed by atoms with Gasteiger partial charge in [0.05, 0.1) is 17.8 Å². The molecule has 7 nitrogen and oxygen atoms in total. The van der Waals surface area contributed by atoms with Crippen LogP contribution in [0.25, 0.3) is 5.65 Å². The number of carbonyl (C=O) groups excluding carboxylic acids is 2. The molecule has 1 aromatic carbocycles. The van der Waals surface area contributed by atoms with Gasteiger partial charge in [-0.2, -0.15) is 5.10 Å². The quantitative estimate of drug-likeness (QED) is 0.726. The highest BCUT2D eigenvalue weighted by Gasteiger charge is 2.51. The van der Waals surface area contributed by atoms with Crippen LogP contribution in [0.2, 0.25) is 0 Å². The summed E-state index contributed by atoms with van der Waals surface area (Å²) in [4.78, 5) is 31.8. The van der Waals surface area contributed by atoms with Crippen LogP contribution in [0.3, 0.4) is 0 Å². The second-order valence-electron chi connectivity index (χ2n) is 7.71. The largest absolute Gasteiger partial charge is 0.348 e. The number of nitrogens with one attached hydrogen (secondary N) is 1. The number of aromatic nitrogens is 3. The molecule has 29 heavy (non-hydrogen) atoms. The standard InChI is InChI=1S/C21H20FN5O2/c22-15-5-1-4-14(12-15)18-21(8-6-17(28)25-21)7-2-10-26(18)20(29)16-13-24-27-11-3-9-23-19(16)27/h1,3-5,9,11-13,18H,2,6-8,10H2,(H,25,28)/t18-,21+/m1/s1. The van der Waals surface area contributed by atoms with E-state index < -0.39 is 11.6 Å². The van der Waals surface area contributed by atoms with E-state index >= 15 is 0 Å². The van der Waals surface area contributed by atoms with Crippen molar-refractivity contribution in [1.29, 1.82) is 0 Å². The summed E-state index contributed by atoms with van der Waals surface area (Å²) in [5.41, 5.74) is 0.971. The van der Waals surface area contributed by atoms with E-state index in [0.717, 1.165) is 12.8 Å². The predicted molar refractivity (Wildman–Crippen MR) is 103 cm³/mol. The minimum Gasteiger partial charge on any atom is -0.348 e. The Hall–Kier alpha value is -3.29. The summed E-state index contributed by atoms with van der Waals surface area (Å²) in [6, 6.07) is 7.59. The molecule has 4 heterocycles. The van der Waals surface area contributed by atoms with Gasteiger partial charge in [0.2, 0.25) is 5.91 Å². The number of piperidine rings is 1. The molecular formula is C21H20FN5O2. The zero-order valence-corrected chi connectivity index (χ0v) is 15.7. The van der Waals surface area contributed by atoms with Crippen LogP contribution in [-0.4, -0.2) is 43.4 Å². The molecular weight excluding hydrogens is 373 g/mol. The number of amides is 2. The van der Waals surface area contributed by atoms with Crippen LogP contribution in [-0.2, 0) is 4.79 Å². The van der Waals surface area contributed by atoms with E-state index in [4.69, 9.17) is 0 Å². The van der Waals surface area contributed by atoms with E-state index in [2.05, 4.69) is 15.4 Å². The van der Waals surface area contributed by atoms with E-state index in [1.165, 1.54) is 18.3 Å². The molecule has 1 spiro atoms. The van der Waals surface area contributed by atoms with E-state index in [0.29, 0.717) is 36.2 Å². The fourth-order valence-electron chi connectivity index (χ4n) is 4.79. The van der Waals surface area contributed by atoms with Crippen molar-refractivity contribution >= 4 is 17.5 Å². The monoisotopic (exact) mass is 393 g/mol. The van der Waals surface area contributed by atoms with Crippen LogP contribution in [0.1, 0.15) is 47.6 Å². The van der Waals surface area contributed by atoms with E-state index in [1.807, 2.05) is 6.07 Å². The average molecular weight is 393 g/mol. The van der Waals surface area contributed by atoms with Gasteiger partial charge >= 0.3 is 0 Å². The molecule has 0 bridgehead atoms. The minimum absolute atomic E-state index is 0.0293. The first kappa shape index (κ1) is 17.8. The first-order valence-corrected chi connectivity index (χ1v) is 9.73. The van der Waals surface area contributed by atoms with Gasteiger partial charge < -0.3 is 10.2 Å². The summed E-state index contributed by atoms with van der Waals surface area (Å²) in [7, 11) is 0. The fourth-order valence-corrected chi connectivity index (χ4v) is 4.79. The maximum Gasteiger partial charge on any atom is 0.259 e. The van der Waals surface area contributed by atoms with Gasteiger partial charge in [-0.1, -0.05) is 12.1 Å². The van der Waals surface area contributed by atoms with E-state index in [1.54, 1.807) is 33.9 Å². The van der Waals surface area contributed by atoms with Crippen molar-refractivity contribution in [1.82, 2.24) is 24.8 Å². The second-order valence-corrected chi connectivity index (χ2v) is 7.71. The lowest BCUT2D eigenvalue weighted by Gasteiger charge is -2.48. The first-order valence-electron chi connectivity index (χ1n) is 9.73. The van der Waals surface area contributed by atoms with Crippen molar-refractivity contribution in [2.75, 3.05) is 6.54 Å². The lowest BCUT2D eigenvalue weighted by molar-refractivity contribution is -0.120. The van der Waals surface area contributed by atoms with Crippen LogP contribution in [0, 0.1) is 5.82 Å². The van der Waals surface area contributed by atoms with Gasteiger partial charge in [0.25, 0.3) is 5.91 Å². The van der Waals surface area contributed by atoms with Crippen molar-refractivity contribution in [3.63, 3.8) is 0 Å². The number of nitrogens with zero attached hydrogens (tertiary/aromatic N) is 4. The fraction of sp³-hybridized carbons (Fsp3) is 0.333. The van der Waals surface area contributed by atoms with Crippen molar-refractivity contribution < 1.29 is 14.0 Å². The molecule has 2 aromatic heterocycles. The van der Waals surface area contributed by atoms with Crippen LogP contribution < -0.4 is 5.32 Å². The molecule has 148 valence electrons. The zero-order chi connectivity index (χ0) is 20.0. The van der Waals surface area contributed by atoms with Gasteiger partial charge in [-0.3, -0.25) is 9.59 Å². The number of hydrogen-bond acceptors (Lipinski definition) is 4. The highest BCUT2D eigenvalue weighted by atomic mass is 19.1. The Morgan fingerprint density at radius 2 is 2.17 bits per heavy atom. The Kier molecular flexibility index (Phi) is 4.08. The smallest absolute Gasteiger partial charge is 0.259 e. The van der Waals surface area contributed by atoms with Crippen molar-refractivity contribution in [2.24, 2.45) is 0 Å². The molecule has 0 saturated carbocycles. The Morgan fingerprint density at radius 3 is 2.97 bits per heavy atom. The number of fused-ring (bicyclic) bond motifs is 1. The molecule has 3 aromatic rings. The molecule has 2 aliphatic heterocycles. The molecule has 0 unspecified atom stereocenters. The van der Waals surface area contributed by atoms with Gasteiger partial charge in [0.1, 0.15) is 11.4 Å². The summed E-state index contributed by atoms with van der Waals surface area (Å²) in [5, 5.41) is 7.34. The van der Waals surface area contributed by atoms with Crippen LogP contribution >= 0.6 is 0 Å². The molecule has 0 aliphatic carbocycles. The van der Waals surface area contributed by atoms with Gasteiger partial charge in [-0.25, -0.2) is 13.9 Å². The highest BCUT2D eigenvalue weighted by molar-refractivity contribution is 6.00. The SMILES string of the molecule is O=C1CC[C@]2(CCCN(C(=O)c3cnn4cccnc34)[C@@H]2c2cccc(F)c2)N1. The molecule has 2 saturated heterocycles. The molecule has 2 atom stereocenters. The molecule has 2 amide bonds. The van der Waals surface area contributed by atoms with Crippen LogP contribution in [0.5, 0.6) is 0 Å². The average Bonchev–Trinajstić information content (AvgIpc) is 3.31. The van der Waals surface area contributed by atoms with Gasteiger partial charge in [-0.05, 0) is 43.0 Å². The van der Waals surface area contributed by atoms with Crippen molar-refractivity contribution in [3.05, 3.63) is 65.9 Å². The molecule has 5 rings (SSSR count). The summed E-state index contributed by atoms with van der Waals surface area (Å²) in [6.07, 6.45) is 7.39. The lowest BCUT2D eigenvalue weighted by atomic mass is 9.76. The van der Waals surface area contributed by atoms with Crippen molar-refractivity contribution in [2.45, 2.75) is 37.3 Å². The maximum atomic E-state index is 14.1. The Balaban J connectivity index is 1.61. The number of halogens is 1. The number of carbonyl (C=O) groups is 2. The lowest BCUT2D eigenvalue weighted by Crippen LogP contribution is -2.58. The predicted octanol–water partition coefficient (Wildman–Crippen LogP) is 2.49. The molecule has 1 N–H and O–H groups in total. The van der Waals surface area contributed by atoms with Gasteiger partial charge in [0, 0.05) is 25.4 Å². The zero-order valence-electron chi connectivity index (χ0n) is 15.7. The molecule has 2 aliphatic rings. The normalized spacial score (nSPS) is 24.2. The number of rotatable bonds is 2. The molecule has 2 fully saturated rings. The van der Waals surface area contributed by atoms with Gasteiger partial charge in [0.15, 0.2) is 5.65 Å². The third-order valence-corrected chi connectivity index (χ3v) is 5.98. The van der Waals surface area contributed by atoms with Crippen molar-refractivity contribution in [3.8, 4) is 0 Å². The summed E-state index contributed by atoms with van der Waals surface area (Å²) in [6.45, 7) is 0.516. The number of likely N-dealkylation sites (tertiary alicyclic amines) is 1. The second kappa shape index (κ2) is 6.65. The maximum absolute atomic E-state index is 14.1. The highest BCUT2D eigenvalue weighted by Crippen LogP contribution is 2.45. The summed E-state index contributed by atoms with van der Waals surface area (Å²) >= 11 is 0. The Labute approximate surface area is 166 Å². The Bertz CT molecular complexity index is 1110. The summed E-state index contributed by atoms with van der Waals surface area (Å²) < 4.78 is 15.6. The third kappa shape index (κ3) is 2.86. The minimum atomic E-state index is -0.588. The topological polar surface area (TPSA) is 79.6 Å². The number of benzene rings is 1. The summed E-state index contributed by atoms with van der Waals surface area (Å²) in [5.74, 6) is -0.607. The molecule has 8 heteroatoms. The third-order valence-electron chi connectivity index (χ3n) is 5.98.